The van der Waals surface area contributed by atoms with Crippen molar-refractivity contribution in [2.75, 3.05) is 20.2 Å². The molecule has 0 aliphatic carbocycles. The first-order valence-corrected chi connectivity index (χ1v) is 12.9. The van der Waals surface area contributed by atoms with E-state index in [0.29, 0.717) is 36.4 Å². The minimum absolute atomic E-state index is 0.106. The third-order valence-corrected chi connectivity index (χ3v) is 8.13. The Hall–Kier alpha value is -3.90. The Morgan fingerprint density at radius 2 is 1.89 bits per heavy atom. The molecule has 0 radical (unpaired) electrons. The fraction of sp³-hybridized carbons (Fsp3) is 0.292. The van der Waals surface area contributed by atoms with Crippen molar-refractivity contribution < 1.29 is 17.9 Å². The van der Waals surface area contributed by atoms with Gasteiger partial charge in [0.1, 0.15) is 5.82 Å². The van der Waals surface area contributed by atoms with E-state index in [1.165, 1.54) is 16.1 Å². The Morgan fingerprint density at radius 1 is 1.14 bits per heavy atom. The highest BCUT2D eigenvalue weighted by atomic mass is 32.2. The maximum atomic E-state index is 13.1. The number of aromatic nitrogens is 5. The highest BCUT2D eigenvalue weighted by molar-refractivity contribution is 7.89. The second-order valence-electron chi connectivity index (χ2n) is 8.57. The Morgan fingerprint density at radius 3 is 2.61 bits per heavy atom. The molecule has 0 unspecified atom stereocenters. The number of H-pyrrole nitrogens is 1. The quantitative estimate of drug-likeness (QED) is 0.390. The Kier molecular flexibility index (Phi) is 6.37. The monoisotopic (exact) mass is 508 g/mol. The number of hydrogen-bond acceptors (Lipinski definition) is 8. The van der Waals surface area contributed by atoms with Gasteiger partial charge in [0, 0.05) is 19.0 Å². The van der Waals surface area contributed by atoms with Crippen LogP contribution >= 0.6 is 0 Å². The van der Waals surface area contributed by atoms with Crippen LogP contribution in [0.4, 0.5) is 0 Å². The maximum Gasteiger partial charge on any atom is 0.337 e. The lowest BCUT2D eigenvalue weighted by molar-refractivity contribution is 0.0600. The van der Waals surface area contributed by atoms with Crippen molar-refractivity contribution in [3.8, 4) is 0 Å². The van der Waals surface area contributed by atoms with E-state index in [2.05, 4.69) is 20.3 Å². The summed E-state index contributed by atoms with van der Waals surface area (Å²) in [6.45, 7) is 0.899. The van der Waals surface area contributed by atoms with Crippen LogP contribution in [0.5, 0.6) is 0 Å². The van der Waals surface area contributed by atoms with E-state index in [1.54, 1.807) is 54.6 Å². The van der Waals surface area contributed by atoms with Gasteiger partial charge in [0.05, 0.1) is 24.1 Å². The molecular formula is C24H24N6O5S. The number of fused-ring (bicyclic) bond motifs is 1. The molecule has 0 amide bonds. The Bertz CT molecular complexity index is 1560. The summed E-state index contributed by atoms with van der Waals surface area (Å²) < 4.78 is 33.9. The number of sulfonamides is 1. The Labute approximate surface area is 206 Å². The van der Waals surface area contributed by atoms with Crippen molar-refractivity contribution in [3.63, 3.8) is 0 Å². The molecule has 186 valence electrons. The van der Waals surface area contributed by atoms with Crippen LogP contribution in [0.15, 0.2) is 64.3 Å². The molecule has 5 rings (SSSR count). The lowest BCUT2D eigenvalue weighted by Gasteiger charge is -2.31. The first kappa shape index (κ1) is 23.8. The molecule has 1 atom stereocenters. The highest BCUT2D eigenvalue weighted by Gasteiger charge is 2.32. The van der Waals surface area contributed by atoms with Gasteiger partial charge in [-0.3, -0.25) is 4.79 Å². The number of piperidine rings is 1. The molecule has 2 aromatic heterocycles. The third kappa shape index (κ3) is 4.52. The third-order valence-electron chi connectivity index (χ3n) is 6.25. The number of aromatic amines is 1. The van der Waals surface area contributed by atoms with Crippen molar-refractivity contribution in [2.24, 2.45) is 0 Å². The lowest BCUT2D eigenvalue weighted by Crippen LogP contribution is -2.39. The van der Waals surface area contributed by atoms with Gasteiger partial charge < -0.3 is 9.72 Å². The first-order chi connectivity index (χ1) is 17.4. The number of benzene rings is 2. The van der Waals surface area contributed by atoms with Crippen LogP contribution < -0.4 is 5.56 Å². The van der Waals surface area contributed by atoms with Crippen LogP contribution in [0.2, 0.25) is 0 Å². The standard InChI is InChI=1S/C24H24N6O5S/c1-35-24(32)17-11-9-16(10-12-17)14-30-22-20(27-28-30)23(31)26-21(25-22)18-6-5-13-29(15-18)36(33,34)19-7-3-2-4-8-19/h2-4,7-12,18H,5-6,13-15H2,1H3,(H,25,26,31)/t18-/m0/s1. The molecule has 1 fully saturated rings. The predicted molar refractivity (Wildman–Crippen MR) is 130 cm³/mol. The molecule has 0 bridgehead atoms. The molecule has 1 saturated heterocycles. The summed E-state index contributed by atoms with van der Waals surface area (Å²) in [7, 11) is -2.33. The zero-order valence-corrected chi connectivity index (χ0v) is 20.3. The van der Waals surface area contributed by atoms with E-state index in [-0.39, 0.29) is 29.4 Å². The van der Waals surface area contributed by atoms with Gasteiger partial charge >= 0.3 is 5.97 Å². The molecule has 3 heterocycles. The largest absolute Gasteiger partial charge is 0.465 e. The summed E-state index contributed by atoms with van der Waals surface area (Å²) in [4.78, 5) is 32.1. The summed E-state index contributed by atoms with van der Waals surface area (Å²) in [6.07, 6.45) is 1.33. The molecule has 4 aromatic rings. The van der Waals surface area contributed by atoms with Gasteiger partial charge in [-0.1, -0.05) is 35.5 Å². The van der Waals surface area contributed by atoms with Crippen LogP contribution in [-0.4, -0.2) is 63.9 Å². The number of methoxy groups -OCH3 is 1. The number of ether oxygens (including phenoxy) is 1. The van der Waals surface area contributed by atoms with Gasteiger partial charge in [0.15, 0.2) is 11.2 Å². The average molecular weight is 509 g/mol. The zero-order valence-electron chi connectivity index (χ0n) is 19.5. The molecule has 36 heavy (non-hydrogen) atoms. The first-order valence-electron chi connectivity index (χ1n) is 11.4. The number of carbonyl (C=O) groups is 1. The minimum Gasteiger partial charge on any atom is -0.465 e. The molecule has 0 spiro atoms. The van der Waals surface area contributed by atoms with E-state index < -0.39 is 21.6 Å². The van der Waals surface area contributed by atoms with Gasteiger partial charge in [-0.05, 0) is 42.7 Å². The normalized spacial score (nSPS) is 16.8. The van der Waals surface area contributed by atoms with Crippen LogP contribution in [0.3, 0.4) is 0 Å². The van der Waals surface area contributed by atoms with Crippen LogP contribution in [0.1, 0.15) is 40.5 Å². The molecular weight excluding hydrogens is 484 g/mol. The van der Waals surface area contributed by atoms with Gasteiger partial charge in [-0.15, -0.1) is 5.10 Å². The molecule has 2 aromatic carbocycles. The number of rotatable bonds is 6. The summed E-state index contributed by atoms with van der Waals surface area (Å²) in [5.41, 5.74) is 1.25. The maximum absolute atomic E-state index is 13.1. The number of nitrogens with one attached hydrogen (secondary N) is 1. The average Bonchev–Trinajstić information content (AvgIpc) is 3.32. The second-order valence-corrected chi connectivity index (χ2v) is 10.5. The second kappa shape index (κ2) is 9.63. The van der Waals surface area contributed by atoms with Crippen molar-refractivity contribution in [3.05, 3.63) is 81.9 Å². The van der Waals surface area contributed by atoms with Crippen LogP contribution in [-0.2, 0) is 21.3 Å². The summed E-state index contributed by atoms with van der Waals surface area (Å²) in [5.74, 6) is -0.302. The van der Waals surface area contributed by atoms with E-state index in [1.807, 2.05) is 0 Å². The van der Waals surface area contributed by atoms with Crippen molar-refractivity contribution >= 4 is 27.2 Å². The van der Waals surface area contributed by atoms with E-state index in [0.717, 1.165) is 5.56 Å². The topological polar surface area (TPSA) is 140 Å². The predicted octanol–water partition coefficient (Wildman–Crippen LogP) is 1.92. The number of nitrogens with zero attached hydrogens (tertiary/aromatic N) is 5. The summed E-state index contributed by atoms with van der Waals surface area (Å²) in [6, 6.07) is 15.1. The van der Waals surface area contributed by atoms with Crippen molar-refractivity contribution in [2.45, 2.75) is 30.2 Å². The molecule has 1 N–H and O–H groups in total. The molecule has 0 saturated carbocycles. The number of esters is 1. The number of carbonyl (C=O) groups excluding carboxylic acids is 1. The highest BCUT2D eigenvalue weighted by Crippen LogP contribution is 2.28. The van der Waals surface area contributed by atoms with Gasteiger partial charge in [-0.2, -0.15) is 4.31 Å². The molecule has 12 heteroatoms. The summed E-state index contributed by atoms with van der Waals surface area (Å²) in [5, 5.41) is 8.07. The fourth-order valence-electron chi connectivity index (χ4n) is 4.35. The van der Waals surface area contributed by atoms with Gasteiger partial charge in [-0.25, -0.2) is 22.9 Å². The van der Waals surface area contributed by atoms with Crippen molar-refractivity contribution in [1.82, 2.24) is 29.3 Å². The lowest BCUT2D eigenvalue weighted by atomic mass is 9.99. The minimum atomic E-state index is -3.65. The van der Waals surface area contributed by atoms with E-state index in [9.17, 15) is 18.0 Å². The summed E-state index contributed by atoms with van der Waals surface area (Å²) >= 11 is 0. The van der Waals surface area contributed by atoms with Gasteiger partial charge in [0.2, 0.25) is 10.0 Å². The number of hydrogen-bond donors (Lipinski definition) is 1. The zero-order chi connectivity index (χ0) is 25.3. The molecule has 1 aliphatic rings. The van der Waals surface area contributed by atoms with Crippen LogP contribution in [0.25, 0.3) is 11.2 Å². The SMILES string of the molecule is COC(=O)c1ccc(Cn2nnc3c(=O)[nH]c([C@H]4CCCN(S(=O)(=O)c5ccccc5)C4)nc32)cc1. The van der Waals surface area contributed by atoms with Crippen molar-refractivity contribution in [1.29, 1.82) is 0 Å². The van der Waals surface area contributed by atoms with E-state index >= 15 is 0 Å². The molecule has 11 nitrogen and oxygen atoms in total. The van der Waals surface area contributed by atoms with Crippen LogP contribution in [0, 0.1) is 0 Å². The van der Waals surface area contributed by atoms with Gasteiger partial charge in [0.25, 0.3) is 5.56 Å². The Balaban J connectivity index is 1.42. The fourth-order valence-corrected chi connectivity index (χ4v) is 5.89. The van der Waals surface area contributed by atoms with E-state index in [4.69, 9.17) is 4.74 Å². The molecule has 1 aliphatic heterocycles. The smallest absolute Gasteiger partial charge is 0.337 e.